The molecule has 0 aliphatic rings. The van der Waals surface area contributed by atoms with Crippen LogP contribution in [0.15, 0.2) is 34.0 Å². The largest absolute Gasteiger partial charge is 0.351 e. The molecule has 2 rings (SSSR count). The number of aromatic nitrogens is 1. The Morgan fingerprint density at radius 2 is 2.05 bits per heavy atom. The summed E-state index contributed by atoms with van der Waals surface area (Å²) in [6.45, 7) is 6.49. The summed E-state index contributed by atoms with van der Waals surface area (Å²) in [6, 6.07) is 8.19. The van der Waals surface area contributed by atoms with Gasteiger partial charge in [-0.05, 0) is 26.3 Å². The lowest BCUT2D eigenvalue weighted by atomic mass is 10.1. The first-order valence-corrected chi connectivity index (χ1v) is 8.22. The van der Waals surface area contributed by atoms with Crippen molar-refractivity contribution < 1.29 is 4.79 Å². The van der Waals surface area contributed by atoms with Gasteiger partial charge in [0, 0.05) is 17.6 Å². The SMILES string of the molecule is Cc1ccc(CNC(=O)[C@H](C)Sc2nc(C)cs2)cc1. The van der Waals surface area contributed by atoms with Crippen LogP contribution in [0.1, 0.15) is 23.7 Å². The molecular formula is C15H18N2OS2. The number of aryl methyl sites for hydroxylation is 2. The highest BCUT2D eigenvalue weighted by molar-refractivity contribution is 8.02. The van der Waals surface area contributed by atoms with Gasteiger partial charge in [-0.1, -0.05) is 41.6 Å². The highest BCUT2D eigenvalue weighted by Crippen LogP contribution is 2.26. The van der Waals surface area contributed by atoms with Gasteiger partial charge in [0.2, 0.25) is 5.91 Å². The predicted molar refractivity (Wildman–Crippen MR) is 85.2 cm³/mol. The average molecular weight is 306 g/mol. The number of rotatable bonds is 5. The molecule has 0 aliphatic heterocycles. The smallest absolute Gasteiger partial charge is 0.233 e. The normalized spacial score (nSPS) is 12.2. The Labute approximate surface area is 127 Å². The standard InChI is InChI=1S/C15H18N2OS2/c1-10-4-6-13(7-5-10)8-16-14(18)12(3)20-15-17-11(2)9-19-15/h4-7,9,12H,8H2,1-3H3,(H,16,18)/t12-/m0/s1. The number of carbonyl (C=O) groups excluding carboxylic acids is 1. The molecule has 0 saturated heterocycles. The molecule has 1 amide bonds. The number of hydrogen-bond acceptors (Lipinski definition) is 4. The topological polar surface area (TPSA) is 42.0 Å². The van der Waals surface area contributed by atoms with Gasteiger partial charge in [0.05, 0.1) is 5.25 Å². The zero-order chi connectivity index (χ0) is 14.5. The summed E-state index contributed by atoms with van der Waals surface area (Å²) >= 11 is 3.09. The molecule has 106 valence electrons. The van der Waals surface area contributed by atoms with Crippen molar-refractivity contribution in [3.8, 4) is 0 Å². The molecule has 0 aliphatic carbocycles. The van der Waals surface area contributed by atoms with Gasteiger partial charge in [-0.2, -0.15) is 0 Å². The van der Waals surface area contributed by atoms with Gasteiger partial charge in [-0.15, -0.1) is 11.3 Å². The minimum Gasteiger partial charge on any atom is -0.351 e. The Kier molecular flexibility index (Phi) is 5.20. The van der Waals surface area contributed by atoms with E-state index in [9.17, 15) is 4.79 Å². The first-order valence-electron chi connectivity index (χ1n) is 6.46. The zero-order valence-electron chi connectivity index (χ0n) is 11.8. The number of carbonyl (C=O) groups is 1. The van der Waals surface area contributed by atoms with E-state index in [1.54, 1.807) is 11.3 Å². The van der Waals surface area contributed by atoms with Crippen molar-refractivity contribution in [1.82, 2.24) is 10.3 Å². The second-order valence-electron chi connectivity index (χ2n) is 4.72. The van der Waals surface area contributed by atoms with Crippen molar-refractivity contribution in [2.24, 2.45) is 0 Å². The maximum atomic E-state index is 12.0. The zero-order valence-corrected chi connectivity index (χ0v) is 13.5. The third-order valence-electron chi connectivity index (χ3n) is 2.83. The monoisotopic (exact) mass is 306 g/mol. The van der Waals surface area contributed by atoms with Gasteiger partial charge >= 0.3 is 0 Å². The molecule has 1 heterocycles. The summed E-state index contributed by atoms with van der Waals surface area (Å²) in [6.07, 6.45) is 0. The summed E-state index contributed by atoms with van der Waals surface area (Å²) in [5, 5.41) is 4.83. The van der Waals surface area contributed by atoms with Crippen LogP contribution in [0.2, 0.25) is 0 Å². The second kappa shape index (κ2) is 6.90. The number of nitrogens with zero attached hydrogens (tertiary/aromatic N) is 1. The molecule has 2 aromatic rings. The van der Waals surface area contributed by atoms with Crippen LogP contribution in [0.25, 0.3) is 0 Å². The predicted octanol–water partition coefficient (Wildman–Crippen LogP) is 3.56. The fourth-order valence-corrected chi connectivity index (χ4v) is 3.64. The number of thioether (sulfide) groups is 1. The first kappa shape index (κ1) is 15.1. The maximum absolute atomic E-state index is 12.0. The molecule has 0 unspecified atom stereocenters. The molecule has 1 aromatic heterocycles. The van der Waals surface area contributed by atoms with Gasteiger partial charge in [-0.3, -0.25) is 4.79 Å². The molecule has 0 radical (unpaired) electrons. The summed E-state index contributed by atoms with van der Waals surface area (Å²) in [5.74, 6) is 0.0448. The van der Waals surface area contributed by atoms with Crippen molar-refractivity contribution in [2.75, 3.05) is 0 Å². The van der Waals surface area contributed by atoms with Crippen LogP contribution in [0, 0.1) is 13.8 Å². The van der Waals surface area contributed by atoms with Gasteiger partial charge in [0.1, 0.15) is 0 Å². The third kappa shape index (κ3) is 4.35. The molecule has 1 aromatic carbocycles. The Balaban J connectivity index is 1.83. The van der Waals surface area contributed by atoms with Gasteiger partial charge < -0.3 is 5.32 Å². The fraction of sp³-hybridized carbons (Fsp3) is 0.333. The molecule has 3 nitrogen and oxygen atoms in total. The van der Waals surface area contributed by atoms with Crippen LogP contribution in [0.4, 0.5) is 0 Å². The Hall–Kier alpha value is -1.33. The van der Waals surface area contributed by atoms with Gasteiger partial charge in [0.15, 0.2) is 4.34 Å². The van der Waals surface area contributed by atoms with Crippen molar-refractivity contribution in [2.45, 2.75) is 36.9 Å². The van der Waals surface area contributed by atoms with E-state index in [1.807, 2.05) is 31.4 Å². The number of benzene rings is 1. The Morgan fingerprint density at radius 1 is 1.35 bits per heavy atom. The molecule has 1 atom stereocenters. The van der Waals surface area contributed by atoms with Crippen LogP contribution in [0.3, 0.4) is 0 Å². The van der Waals surface area contributed by atoms with Gasteiger partial charge in [0.25, 0.3) is 0 Å². The molecule has 0 bridgehead atoms. The number of amides is 1. The van der Waals surface area contributed by atoms with Crippen LogP contribution < -0.4 is 5.32 Å². The molecule has 5 heteroatoms. The van der Waals surface area contributed by atoms with E-state index < -0.39 is 0 Å². The highest BCUT2D eigenvalue weighted by Gasteiger charge is 2.15. The molecule has 0 saturated carbocycles. The lowest BCUT2D eigenvalue weighted by Gasteiger charge is -2.10. The minimum absolute atomic E-state index is 0.0448. The molecule has 0 fully saturated rings. The van der Waals surface area contributed by atoms with Crippen LogP contribution in [0.5, 0.6) is 0 Å². The Bertz CT molecular complexity index is 578. The maximum Gasteiger partial charge on any atom is 0.233 e. The van der Waals surface area contributed by atoms with E-state index in [-0.39, 0.29) is 11.2 Å². The quantitative estimate of drug-likeness (QED) is 0.859. The molecular weight excluding hydrogens is 288 g/mol. The van der Waals surface area contributed by atoms with E-state index >= 15 is 0 Å². The van der Waals surface area contributed by atoms with E-state index in [0.29, 0.717) is 6.54 Å². The summed E-state index contributed by atoms with van der Waals surface area (Å²) in [4.78, 5) is 16.4. The summed E-state index contributed by atoms with van der Waals surface area (Å²) in [7, 11) is 0. The van der Waals surface area contributed by atoms with Crippen molar-refractivity contribution in [3.05, 3.63) is 46.5 Å². The molecule has 1 N–H and O–H groups in total. The van der Waals surface area contributed by atoms with Crippen LogP contribution >= 0.6 is 23.1 Å². The minimum atomic E-state index is -0.133. The van der Waals surface area contributed by atoms with E-state index in [2.05, 4.69) is 29.4 Å². The fourth-order valence-electron chi connectivity index (χ4n) is 1.63. The number of nitrogens with one attached hydrogen (secondary N) is 1. The Morgan fingerprint density at radius 3 is 2.65 bits per heavy atom. The van der Waals surface area contributed by atoms with E-state index in [4.69, 9.17) is 0 Å². The van der Waals surface area contributed by atoms with Crippen molar-refractivity contribution in [3.63, 3.8) is 0 Å². The molecule has 0 spiro atoms. The first-order chi connectivity index (χ1) is 9.54. The van der Waals surface area contributed by atoms with Crippen LogP contribution in [-0.4, -0.2) is 16.1 Å². The lowest BCUT2D eigenvalue weighted by molar-refractivity contribution is -0.120. The van der Waals surface area contributed by atoms with Crippen molar-refractivity contribution in [1.29, 1.82) is 0 Å². The number of hydrogen-bond donors (Lipinski definition) is 1. The second-order valence-corrected chi connectivity index (χ2v) is 7.16. The van der Waals surface area contributed by atoms with E-state index in [1.165, 1.54) is 17.3 Å². The highest BCUT2D eigenvalue weighted by atomic mass is 32.2. The summed E-state index contributed by atoms with van der Waals surface area (Å²) in [5.41, 5.74) is 3.35. The molecule has 20 heavy (non-hydrogen) atoms. The van der Waals surface area contributed by atoms with Crippen LogP contribution in [-0.2, 0) is 11.3 Å². The van der Waals surface area contributed by atoms with Crippen molar-refractivity contribution >= 4 is 29.0 Å². The summed E-state index contributed by atoms with van der Waals surface area (Å²) < 4.78 is 0.945. The number of thiazole rings is 1. The average Bonchev–Trinajstić information content (AvgIpc) is 2.83. The van der Waals surface area contributed by atoms with E-state index in [0.717, 1.165) is 15.6 Å². The lowest BCUT2D eigenvalue weighted by Crippen LogP contribution is -2.30. The third-order valence-corrected chi connectivity index (χ3v) is 5.02. The van der Waals surface area contributed by atoms with Gasteiger partial charge in [-0.25, -0.2) is 4.98 Å².